The molecule has 12 heavy (non-hydrogen) atoms. The summed E-state index contributed by atoms with van der Waals surface area (Å²) < 4.78 is 0. The van der Waals surface area contributed by atoms with E-state index >= 15 is 0 Å². The molecule has 0 aromatic rings. The summed E-state index contributed by atoms with van der Waals surface area (Å²) in [7, 11) is 0. The minimum Gasteiger partial charge on any atom is -0.330 e. The van der Waals surface area contributed by atoms with E-state index in [4.69, 9.17) is 5.73 Å². The second-order valence-electron chi connectivity index (χ2n) is 3.88. The van der Waals surface area contributed by atoms with Crippen LogP contribution < -0.4 is 5.73 Å². The number of hydrogen-bond donors (Lipinski definition) is 2. The lowest BCUT2D eigenvalue weighted by Crippen LogP contribution is -2.20. The van der Waals surface area contributed by atoms with Gasteiger partial charge in [-0.15, -0.1) is 0 Å². The smallest absolute Gasteiger partial charge is 0.00143 e. The highest BCUT2D eigenvalue weighted by molar-refractivity contribution is 7.80. The van der Waals surface area contributed by atoms with Crippen LogP contribution in [0.25, 0.3) is 0 Å². The van der Waals surface area contributed by atoms with E-state index in [0.29, 0.717) is 17.1 Å². The van der Waals surface area contributed by atoms with Crippen LogP contribution in [0.15, 0.2) is 0 Å². The Balaban J connectivity index is 3.58. The van der Waals surface area contributed by atoms with E-state index in [0.717, 1.165) is 6.54 Å². The Morgan fingerprint density at radius 3 is 2.17 bits per heavy atom. The van der Waals surface area contributed by atoms with Crippen molar-refractivity contribution in [2.75, 3.05) is 6.54 Å². The summed E-state index contributed by atoms with van der Waals surface area (Å²) >= 11 is 4.47. The Hall–Kier alpha value is 0.310. The monoisotopic (exact) mass is 189 g/mol. The van der Waals surface area contributed by atoms with Gasteiger partial charge < -0.3 is 5.73 Å². The maximum absolute atomic E-state index is 5.68. The predicted octanol–water partition coefficient (Wildman–Crippen LogP) is 2.71. The van der Waals surface area contributed by atoms with E-state index < -0.39 is 0 Å². The SMILES string of the molecule is CC[C@H](S)CC[C@H](CN)C(C)C. The van der Waals surface area contributed by atoms with Gasteiger partial charge in [0.1, 0.15) is 0 Å². The molecule has 0 aliphatic carbocycles. The molecule has 2 N–H and O–H groups in total. The Bertz CT molecular complexity index is 104. The lowest BCUT2D eigenvalue weighted by atomic mass is 9.90. The van der Waals surface area contributed by atoms with Crippen molar-refractivity contribution in [3.63, 3.8) is 0 Å². The Morgan fingerprint density at radius 2 is 1.83 bits per heavy atom. The first kappa shape index (κ1) is 12.3. The third-order valence-corrected chi connectivity index (χ3v) is 3.21. The molecule has 0 bridgehead atoms. The van der Waals surface area contributed by atoms with Crippen LogP contribution in [0.5, 0.6) is 0 Å². The molecule has 0 spiro atoms. The van der Waals surface area contributed by atoms with Crippen LogP contribution in [0.2, 0.25) is 0 Å². The molecule has 1 nitrogen and oxygen atoms in total. The zero-order chi connectivity index (χ0) is 9.56. The lowest BCUT2D eigenvalue weighted by Gasteiger charge is -2.19. The van der Waals surface area contributed by atoms with Gasteiger partial charge in [-0.05, 0) is 37.6 Å². The van der Waals surface area contributed by atoms with Crippen molar-refractivity contribution < 1.29 is 0 Å². The molecule has 74 valence electrons. The van der Waals surface area contributed by atoms with Gasteiger partial charge in [0.2, 0.25) is 0 Å². The van der Waals surface area contributed by atoms with Gasteiger partial charge >= 0.3 is 0 Å². The summed E-state index contributed by atoms with van der Waals surface area (Å²) in [4.78, 5) is 0. The van der Waals surface area contributed by atoms with Gasteiger partial charge in [-0.25, -0.2) is 0 Å². The van der Waals surface area contributed by atoms with Crippen molar-refractivity contribution in [1.29, 1.82) is 0 Å². The van der Waals surface area contributed by atoms with E-state index in [-0.39, 0.29) is 0 Å². The molecular weight excluding hydrogens is 166 g/mol. The third-order valence-electron chi connectivity index (χ3n) is 2.59. The molecule has 0 rings (SSSR count). The molecule has 0 amide bonds. The quantitative estimate of drug-likeness (QED) is 0.617. The minimum absolute atomic E-state index is 0.567. The molecule has 0 aliphatic rings. The first-order valence-electron chi connectivity index (χ1n) is 4.99. The molecule has 0 radical (unpaired) electrons. The maximum atomic E-state index is 5.68. The van der Waals surface area contributed by atoms with Gasteiger partial charge in [-0.1, -0.05) is 20.8 Å². The molecule has 0 aromatic heterocycles. The normalized spacial score (nSPS) is 16.5. The van der Waals surface area contributed by atoms with E-state index in [1.54, 1.807) is 0 Å². The zero-order valence-corrected chi connectivity index (χ0v) is 9.48. The summed E-state index contributed by atoms with van der Waals surface area (Å²) in [5.41, 5.74) is 5.68. The molecule has 0 saturated heterocycles. The fourth-order valence-corrected chi connectivity index (χ4v) is 1.48. The van der Waals surface area contributed by atoms with Gasteiger partial charge in [-0.3, -0.25) is 0 Å². The number of rotatable bonds is 6. The summed E-state index contributed by atoms with van der Waals surface area (Å²) in [6.07, 6.45) is 3.61. The van der Waals surface area contributed by atoms with Crippen LogP contribution in [0.3, 0.4) is 0 Å². The second kappa shape index (κ2) is 6.79. The first-order chi connectivity index (χ1) is 5.61. The van der Waals surface area contributed by atoms with E-state index in [1.165, 1.54) is 19.3 Å². The fourth-order valence-electron chi connectivity index (χ4n) is 1.33. The molecule has 0 unspecified atom stereocenters. The molecular formula is C10H23NS. The van der Waals surface area contributed by atoms with Crippen LogP contribution >= 0.6 is 12.6 Å². The van der Waals surface area contributed by atoms with Gasteiger partial charge in [0.25, 0.3) is 0 Å². The van der Waals surface area contributed by atoms with Gasteiger partial charge in [-0.2, -0.15) is 12.6 Å². The van der Waals surface area contributed by atoms with E-state index in [1.807, 2.05) is 0 Å². The average molecular weight is 189 g/mol. The molecule has 2 heteroatoms. The molecule has 2 atom stereocenters. The molecule has 0 fully saturated rings. The highest BCUT2D eigenvalue weighted by atomic mass is 32.1. The number of hydrogen-bond acceptors (Lipinski definition) is 2. The Kier molecular flexibility index (Phi) is 6.96. The summed E-state index contributed by atoms with van der Waals surface area (Å²) in [5, 5.41) is 0.567. The third kappa shape index (κ3) is 5.04. The highest BCUT2D eigenvalue weighted by Crippen LogP contribution is 2.19. The summed E-state index contributed by atoms with van der Waals surface area (Å²) in [6.45, 7) is 7.50. The van der Waals surface area contributed by atoms with Crippen molar-refractivity contribution in [2.45, 2.75) is 45.3 Å². The van der Waals surface area contributed by atoms with Crippen LogP contribution in [-0.2, 0) is 0 Å². The molecule has 0 saturated carbocycles. The van der Waals surface area contributed by atoms with E-state index in [2.05, 4.69) is 33.4 Å². The zero-order valence-electron chi connectivity index (χ0n) is 8.59. The lowest BCUT2D eigenvalue weighted by molar-refractivity contribution is 0.358. The van der Waals surface area contributed by atoms with Crippen LogP contribution in [0.1, 0.15) is 40.0 Å². The topological polar surface area (TPSA) is 26.0 Å². The van der Waals surface area contributed by atoms with Crippen molar-refractivity contribution in [3.8, 4) is 0 Å². The second-order valence-corrected chi connectivity index (χ2v) is 4.61. The minimum atomic E-state index is 0.567. The molecule has 0 heterocycles. The fraction of sp³-hybridized carbons (Fsp3) is 1.00. The van der Waals surface area contributed by atoms with Crippen molar-refractivity contribution in [2.24, 2.45) is 17.6 Å². The van der Waals surface area contributed by atoms with Crippen molar-refractivity contribution in [1.82, 2.24) is 0 Å². The standard InChI is InChI=1S/C10H23NS/c1-4-10(12)6-5-9(7-11)8(2)3/h8-10,12H,4-7,11H2,1-3H3/t9-,10+/m1/s1. The number of nitrogens with two attached hydrogens (primary N) is 1. The molecule has 0 aromatic carbocycles. The molecule has 0 aliphatic heterocycles. The van der Waals surface area contributed by atoms with Crippen molar-refractivity contribution >= 4 is 12.6 Å². The average Bonchev–Trinajstić information content (AvgIpc) is 2.04. The van der Waals surface area contributed by atoms with Crippen LogP contribution in [0.4, 0.5) is 0 Å². The summed E-state index contributed by atoms with van der Waals surface area (Å²) in [6, 6.07) is 0. The van der Waals surface area contributed by atoms with Crippen LogP contribution in [0, 0.1) is 11.8 Å². The Labute approximate surface area is 82.5 Å². The largest absolute Gasteiger partial charge is 0.330 e. The first-order valence-corrected chi connectivity index (χ1v) is 5.51. The predicted molar refractivity (Wildman–Crippen MR) is 59.7 cm³/mol. The number of thiol groups is 1. The Morgan fingerprint density at radius 1 is 1.25 bits per heavy atom. The highest BCUT2D eigenvalue weighted by Gasteiger charge is 2.12. The van der Waals surface area contributed by atoms with Crippen molar-refractivity contribution in [3.05, 3.63) is 0 Å². The maximum Gasteiger partial charge on any atom is 0.00143 e. The van der Waals surface area contributed by atoms with E-state index in [9.17, 15) is 0 Å². The van der Waals surface area contributed by atoms with Gasteiger partial charge in [0.15, 0.2) is 0 Å². The summed E-state index contributed by atoms with van der Waals surface area (Å²) in [5.74, 6) is 1.40. The van der Waals surface area contributed by atoms with Crippen LogP contribution in [-0.4, -0.2) is 11.8 Å². The van der Waals surface area contributed by atoms with Gasteiger partial charge in [0, 0.05) is 5.25 Å². The van der Waals surface area contributed by atoms with Gasteiger partial charge in [0.05, 0.1) is 0 Å².